The van der Waals surface area contributed by atoms with Gasteiger partial charge in [-0.1, -0.05) is 0 Å². The van der Waals surface area contributed by atoms with Crippen molar-refractivity contribution in [1.29, 1.82) is 0 Å². The summed E-state index contributed by atoms with van der Waals surface area (Å²) in [6.07, 6.45) is 8.09. The van der Waals surface area contributed by atoms with E-state index >= 15 is 0 Å². The molecule has 0 aliphatic heterocycles. The van der Waals surface area contributed by atoms with E-state index in [1.165, 1.54) is 5.56 Å². The number of hydrogen-bond donors (Lipinski definition) is 2. The fourth-order valence-corrected chi connectivity index (χ4v) is 2.05. The van der Waals surface area contributed by atoms with Gasteiger partial charge in [0.05, 0.1) is 0 Å². The minimum atomic E-state index is -0.0424. The number of aromatic nitrogens is 3. The fraction of sp³-hybridized carbons (Fsp3) is 0.143. The standard InChI is InChI=1S/C14H14N4/c15-13(7-10-1-4-16-5-2-10)12-8-11-3-6-17-14(11)18-9-12/h1-6,8-9,13H,7,15H2,(H,17,18)/t13-/m0/s1. The second kappa shape index (κ2) is 4.58. The molecule has 1 atom stereocenters. The predicted octanol–water partition coefficient (Wildman–Crippen LogP) is 2.20. The molecule has 0 saturated carbocycles. The molecule has 90 valence electrons. The van der Waals surface area contributed by atoms with Gasteiger partial charge in [-0.15, -0.1) is 0 Å². The molecule has 3 heterocycles. The van der Waals surface area contributed by atoms with Crippen molar-refractivity contribution in [3.8, 4) is 0 Å². The zero-order valence-corrected chi connectivity index (χ0v) is 9.88. The molecule has 0 amide bonds. The van der Waals surface area contributed by atoms with Crippen LogP contribution in [0.5, 0.6) is 0 Å². The van der Waals surface area contributed by atoms with E-state index in [-0.39, 0.29) is 6.04 Å². The Morgan fingerprint density at radius 1 is 1.22 bits per heavy atom. The number of aromatic amines is 1. The third-order valence-electron chi connectivity index (χ3n) is 3.05. The summed E-state index contributed by atoms with van der Waals surface area (Å²) in [5.74, 6) is 0. The number of pyridine rings is 2. The van der Waals surface area contributed by atoms with Crippen molar-refractivity contribution in [3.63, 3.8) is 0 Å². The molecule has 3 aromatic heterocycles. The van der Waals surface area contributed by atoms with Gasteiger partial charge in [-0.3, -0.25) is 4.98 Å². The summed E-state index contributed by atoms with van der Waals surface area (Å²) >= 11 is 0. The van der Waals surface area contributed by atoms with Crippen molar-refractivity contribution in [2.24, 2.45) is 5.73 Å². The average Bonchev–Trinajstić information content (AvgIpc) is 2.87. The topological polar surface area (TPSA) is 67.6 Å². The minimum absolute atomic E-state index is 0.0424. The number of nitrogens with zero attached hydrogens (tertiary/aromatic N) is 2. The maximum Gasteiger partial charge on any atom is 0.137 e. The maximum atomic E-state index is 6.22. The molecule has 0 saturated heterocycles. The Hall–Kier alpha value is -2.20. The van der Waals surface area contributed by atoms with Gasteiger partial charge in [-0.25, -0.2) is 4.98 Å². The summed E-state index contributed by atoms with van der Waals surface area (Å²) in [6, 6.07) is 8.03. The van der Waals surface area contributed by atoms with Crippen LogP contribution in [0.2, 0.25) is 0 Å². The normalized spacial score (nSPS) is 12.7. The zero-order valence-electron chi connectivity index (χ0n) is 9.88. The van der Waals surface area contributed by atoms with E-state index in [0.717, 1.165) is 23.0 Å². The lowest BCUT2D eigenvalue weighted by Crippen LogP contribution is -2.13. The molecule has 0 aliphatic carbocycles. The number of fused-ring (bicyclic) bond motifs is 1. The van der Waals surface area contributed by atoms with Crippen LogP contribution < -0.4 is 5.73 Å². The van der Waals surface area contributed by atoms with E-state index in [1.807, 2.05) is 30.6 Å². The zero-order chi connectivity index (χ0) is 12.4. The van der Waals surface area contributed by atoms with Crippen molar-refractivity contribution in [3.05, 3.63) is 60.2 Å². The second-order valence-corrected chi connectivity index (χ2v) is 4.35. The minimum Gasteiger partial charge on any atom is -0.346 e. The Labute approximate surface area is 105 Å². The summed E-state index contributed by atoms with van der Waals surface area (Å²) in [4.78, 5) is 11.4. The van der Waals surface area contributed by atoms with Crippen LogP contribution in [0.1, 0.15) is 17.2 Å². The number of rotatable bonds is 3. The van der Waals surface area contributed by atoms with Crippen molar-refractivity contribution in [2.75, 3.05) is 0 Å². The van der Waals surface area contributed by atoms with Gasteiger partial charge in [0, 0.05) is 36.2 Å². The highest BCUT2D eigenvalue weighted by Crippen LogP contribution is 2.19. The number of nitrogens with one attached hydrogen (secondary N) is 1. The van der Waals surface area contributed by atoms with Gasteiger partial charge in [0.2, 0.25) is 0 Å². The van der Waals surface area contributed by atoms with Crippen LogP contribution in [-0.2, 0) is 6.42 Å². The molecule has 3 N–H and O–H groups in total. The number of nitrogens with two attached hydrogens (primary N) is 1. The van der Waals surface area contributed by atoms with Gasteiger partial charge < -0.3 is 10.7 Å². The lowest BCUT2D eigenvalue weighted by molar-refractivity contribution is 0.719. The predicted molar refractivity (Wildman–Crippen MR) is 71.0 cm³/mol. The first kappa shape index (κ1) is 10.9. The van der Waals surface area contributed by atoms with Gasteiger partial charge in [0.25, 0.3) is 0 Å². The van der Waals surface area contributed by atoms with Crippen molar-refractivity contribution in [2.45, 2.75) is 12.5 Å². The van der Waals surface area contributed by atoms with E-state index in [2.05, 4.69) is 21.0 Å². The van der Waals surface area contributed by atoms with Crippen molar-refractivity contribution < 1.29 is 0 Å². The van der Waals surface area contributed by atoms with Gasteiger partial charge in [0.15, 0.2) is 0 Å². The average molecular weight is 238 g/mol. The molecule has 4 nitrogen and oxygen atoms in total. The van der Waals surface area contributed by atoms with Gasteiger partial charge in [-0.05, 0) is 41.8 Å². The molecule has 0 radical (unpaired) electrons. The van der Waals surface area contributed by atoms with Crippen LogP contribution in [0.25, 0.3) is 11.0 Å². The Bertz CT molecular complexity index is 645. The van der Waals surface area contributed by atoms with Crippen LogP contribution >= 0.6 is 0 Å². The molecular weight excluding hydrogens is 224 g/mol. The van der Waals surface area contributed by atoms with Crippen molar-refractivity contribution in [1.82, 2.24) is 15.0 Å². The van der Waals surface area contributed by atoms with E-state index in [1.54, 1.807) is 12.4 Å². The van der Waals surface area contributed by atoms with E-state index < -0.39 is 0 Å². The Morgan fingerprint density at radius 3 is 2.89 bits per heavy atom. The molecule has 0 aliphatic rings. The Kier molecular flexibility index (Phi) is 2.78. The SMILES string of the molecule is N[C@@H](Cc1ccncc1)c1cnc2[nH]ccc2c1. The highest BCUT2D eigenvalue weighted by molar-refractivity contribution is 5.75. The monoisotopic (exact) mass is 238 g/mol. The van der Waals surface area contributed by atoms with Crippen LogP contribution in [0.15, 0.2) is 49.1 Å². The molecule has 0 bridgehead atoms. The third kappa shape index (κ3) is 2.10. The molecular formula is C14H14N4. The van der Waals surface area contributed by atoms with Gasteiger partial charge in [0.1, 0.15) is 5.65 Å². The smallest absolute Gasteiger partial charge is 0.137 e. The lowest BCUT2D eigenvalue weighted by Gasteiger charge is -2.11. The summed E-state index contributed by atoms with van der Waals surface area (Å²) in [5.41, 5.74) is 9.36. The highest BCUT2D eigenvalue weighted by atomic mass is 14.8. The summed E-state index contributed by atoms with van der Waals surface area (Å²) in [7, 11) is 0. The quantitative estimate of drug-likeness (QED) is 0.735. The van der Waals surface area contributed by atoms with E-state index in [9.17, 15) is 0 Å². The molecule has 3 rings (SSSR count). The largest absolute Gasteiger partial charge is 0.346 e. The van der Waals surface area contributed by atoms with Crippen LogP contribution in [0.4, 0.5) is 0 Å². The second-order valence-electron chi connectivity index (χ2n) is 4.35. The van der Waals surface area contributed by atoms with Gasteiger partial charge >= 0.3 is 0 Å². The summed E-state index contributed by atoms with van der Waals surface area (Å²) < 4.78 is 0. The molecule has 18 heavy (non-hydrogen) atoms. The number of H-pyrrole nitrogens is 1. The molecule has 0 spiro atoms. The van der Waals surface area contributed by atoms with Gasteiger partial charge in [-0.2, -0.15) is 0 Å². The van der Waals surface area contributed by atoms with E-state index in [0.29, 0.717) is 0 Å². The van der Waals surface area contributed by atoms with Crippen LogP contribution in [0, 0.1) is 0 Å². The van der Waals surface area contributed by atoms with Crippen LogP contribution in [0.3, 0.4) is 0 Å². The molecule has 0 fully saturated rings. The van der Waals surface area contributed by atoms with Crippen molar-refractivity contribution >= 4 is 11.0 Å². The summed E-state index contributed by atoms with van der Waals surface area (Å²) in [6.45, 7) is 0. The lowest BCUT2D eigenvalue weighted by atomic mass is 10.0. The fourth-order valence-electron chi connectivity index (χ4n) is 2.05. The summed E-state index contributed by atoms with van der Waals surface area (Å²) in [5, 5.41) is 1.10. The number of hydrogen-bond acceptors (Lipinski definition) is 3. The first-order valence-electron chi connectivity index (χ1n) is 5.90. The molecule has 0 unspecified atom stereocenters. The first-order valence-corrected chi connectivity index (χ1v) is 5.90. The molecule has 4 heteroatoms. The first-order chi connectivity index (χ1) is 8.83. The van der Waals surface area contributed by atoms with E-state index in [4.69, 9.17) is 5.73 Å². The highest BCUT2D eigenvalue weighted by Gasteiger charge is 2.08. The Balaban J connectivity index is 1.85. The maximum absolute atomic E-state index is 6.22. The van der Waals surface area contributed by atoms with Crippen LogP contribution in [-0.4, -0.2) is 15.0 Å². The third-order valence-corrected chi connectivity index (χ3v) is 3.05. The Morgan fingerprint density at radius 2 is 2.06 bits per heavy atom. The molecule has 0 aromatic carbocycles. The molecule has 3 aromatic rings.